The number of hydrogen-bond acceptors (Lipinski definition) is 1. The summed E-state index contributed by atoms with van der Waals surface area (Å²) in [6.07, 6.45) is 0. The van der Waals surface area contributed by atoms with Crippen molar-refractivity contribution in [3.63, 3.8) is 0 Å². The molecule has 0 radical (unpaired) electrons. The van der Waals surface area contributed by atoms with E-state index in [0.29, 0.717) is 16.6 Å². The minimum absolute atomic E-state index is 0.0537. The summed E-state index contributed by atoms with van der Waals surface area (Å²) in [6, 6.07) is 4.69. The van der Waals surface area contributed by atoms with E-state index in [0.717, 1.165) is 12.1 Å². The molecular formula is C13H6BrF4NO. The fourth-order valence-electron chi connectivity index (χ4n) is 1.52. The molecule has 1 N–H and O–H groups in total. The number of anilines is 1. The molecule has 0 aliphatic heterocycles. The van der Waals surface area contributed by atoms with Crippen LogP contribution in [0.2, 0.25) is 0 Å². The fourth-order valence-corrected chi connectivity index (χ4v) is 1.98. The van der Waals surface area contributed by atoms with Crippen LogP contribution >= 0.6 is 15.9 Å². The number of benzene rings is 2. The van der Waals surface area contributed by atoms with Gasteiger partial charge in [-0.1, -0.05) is 15.9 Å². The van der Waals surface area contributed by atoms with Crippen LogP contribution < -0.4 is 5.32 Å². The van der Waals surface area contributed by atoms with E-state index in [1.807, 2.05) is 0 Å². The maximum absolute atomic E-state index is 13.1. The second-order valence-corrected chi connectivity index (χ2v) is 4.78. The third-order valence-electron chi connectivity index (χ3n) is 2.37. The summed E-state index contributed by atoms with van der Waals surface area (Å²) in [4.78, 5) is 11.8. The van der Waals surface area contributed by atoms with Gasteiger partial charge in [0.25, 0.3) is 5.91 Å². The van der Waals surface area contributed by atoms with Crippen molar-refractivity contribution in [2.75, 3.05) is 5.32 Å². The van der Waals surface area contributed by atoms with E-state index in [-0.39, 0.29) is 11.3 Å². The van der Waals surface area contributed by atoms with E-state index in [1.54, 1.807) is 0 Å². The van der Waals surface area contributed by atoms with E-state index in [9.17, 15) is 22.4 Å². The number of amides is 1. The SMILES string of the molecule is O=C(Nc1cc(F)c(F)c(F)c1)c1cc(F)cc(Br)c1. The highest BCUT2D eigenvalue weighted by Crippen LogP contribution is 2.19. The Kier molecular flexibility index (Phi) is 4.08. The van der Waals surface area contributed by atoms with Gasteiger partial charge in [0.15, 0.2) is 17.5 Å². The molecule has 0 saturated heterocycles. The molecule has 104 valence electrons. The van der Waals surface area contributed by atoms with Crippen LogP contribution in [0.3, 0.4) is 0 Å². The van der Waals surface area contributed by atoms with Crippen molar-refractivity contribution in [1.29, 1.82) is 0 Å². The topological polar surface area (TPSA) is 29.1 Å². The maximum atomic E-state index is 13.1. The van der Waals surface area contributed by atoms with Crippen molar-refractivity contribution in [1.82, 2.24) is 0 Å². The first-order chi connectivity index (χ1) is 9.36. The van der Waals surface area contributed by atoms with Gasteiger partial charge >= 0.3 is 0 Å². The van der Waals surface area contributed by atoms with Gasteiger partial charge in [-0.15, -0.1) is 0 Å². The van der Waals surface area contributed by atoms with Crippen molar-refractivity contribution in [3.8, 4) is 0 Å². The average Bonchev–Trinajstić information content (AvgIpc) is 2.34. The molecule has 0 saturated carbocycles. The number of nitrogens with one attached hydrogen (secondary N) is 1. The third-order valence-corrected chi connectivity index (χ3v) is 2.82. The molecular weight excluding hydrogens is 342 g/mol. The summed E-state index contributed by atoms with van der Waals surface area (Å²) in [5, 5.41) is 2.15. The summed E-state index contributed by atoms with van der Waals surface area (Å²) in [5.74, 6) is -5.92. The fraction of sp³-hybridized carbons (Fsp3) is 0. The lowest BCUT2D eigenvalue weighted by atomic mass is 10.2. The van der Waals surface area contributed by atoms with Crippen LogP contribution in [0.4, 0.5) is 23.2 Å². The van der Waals surface area contributed by atoms with Gasteiger partial charge in [-0.05, 0) is 18.2 Å². The first-order valence-corrected chi connectivity index (χ1v) is 6.08. The molecule has 2 aromatic carbocycles. The summed E-state index contributed by atoms with van der Waals surface area (Å²) in [7, 11) is 0. The van der Waals surface area contributed by atoms with Gasteiger partial charge in [0.2, 0.25) is 0 Å². The van der Waals surface area contributed by atoms with Gasteiger partial charge in [-0.25, -0.2) is 17.6 Å². The second kappa shape index (κ2) is 5.62. The molecule has 0 aliphatic rings. The van der Waals surface area contributed by atoms with E-state index in [1.165, 1.54) is 6.07 Å². The van der Waals surface area contributed by atoms with Gasteiger partial charge in [0.05, 0.1) is 0 Å². The Bertz CT molecular complexity index is 647. The summed E-state index contributed by atoms with van der Waals surface area (Å²) < 4.78 is 52.2. The molecule has 7 heteroatoms. The van der Waals surface area contributed by atoms with Gasteiger partial charge in [-0.2, -0.15) is 0 Å². The van der Waals surface area contributed by atoms with Gasteiger partial charge in [-0.3, -0.25) is 4.79 Å². The van der Waals surface area contributed by atoms with Crippen LogP contribution in [0.15, 0.2) is 34.8 Å². The maximum Gasteiger partial charge on any atom is 0.255 e. The number of carbonyl (C=O) groups excluding carboxylic acids is 1. The van der Waals surface area contributed by atoms with E-state index < -0.39 is 29.2 Å². The van der Waals surface area contributed by atoms with Crippen molar-refractivity contribution >= 4 is 27.5 Å². The number of carbonyl (C=O) groups is 1. The molecule has 0 spiro atoms. The van der Waals surface area contributed by atoms with Crippen LogP contribution in [0.5, 0.6) is 0 Å². The van der Waals surface area contributed by atoms with E-state index >= 15 is 0 Å². The highest BCUT2D eigenvalue weighted by atomic mass is 79.9. The molecule has 20 heavy (non-hydrogen) atoms. The number of hydrogen-bond donors (Lipinski definition) is 1. The molecule has 0 unspecified atom stereocenters. The molecule has 0 aromatic heterocycles. The smallest absolute Gasteiger partial charge is 0.255 e. The number of rotatable bonds is 2. The molecule has 0 atom stereocenters. The molecule has 2 nitrogen and oxygen atoms in total. The third kappa shape index (κ3) is 3.16. The normalized spacial score (nSPS) is 10.4. The molecule has 0 heterocycles. The highest BCUT2D eigenvalue weighted by molar-refractivity contribution is 9.10. The first kappa shape index (κ1) is 14.5. The largest absolute Gasteiger partial charge is 0.322 e. The molecule has 0 aliphatic carbocycles. The van der Waals surface area contributed by atoms with Gasteiger partial charge in [0.1, 0.15) is 5.82 Å². The Morgan fingerprint density at radius 1 is 0.950 bits per heavy atom. The number of halogens is 5. The highest BCUT2D eigenvalue weighted by Gasteiger charge is 2.14. The standard InChI is InChI=1S/C13H6BrF4NO/c14-7-1-6(2-8(15)3-7)13(20)19-9-4-10(16)12(18)11(17)5-9/h1-5H,(H,19,20). The van der Waals surface area contributed by atoms with Crippen LogP contribution in [-0.2, 0) is 0 Å². The molecule has 0 fully saturated rings. The van der Waals surface area contributed by atoms with Gasteiger partial charge < -0.3 is 5.32 Å². The lowest BCUT2D eigenvalue weighted by molar-refractivity contribution is 0.102. The second-order valence-electron chi connectivity index (χ2n) is 3.87. The minimum atomic E-state index is -1.63. The van der Waals surface area contributed by atoms with Crippen LogP contribution in [-0.4, -0.2) is 5.91 Å². The molecule has 1 amide bonds. The van der Waals surface area contributed by atoms with Gasteiger partial charge in [0, 0.05) is 27.9 Å². The van der Waals surface area contributed by atoms with Crippen LogP contribution in [0.1, 0.15) is 10.4 Å². The van der Waals surface area contributed by atoms with Crippen molar-refractivity contribution in [2.45, 2.75) is 0 Å². The Morgan fingerprint density at radius 3 is 2.10 bits per heavy atom. The van der Waals surface area contributed by atoms with Crippen LogP contribution in [0, 0.1) is 23.3 Å². The zero-order valence-corrected chi connectivity index (χ0v) is 11.3. The summed E-state index contributed by atoms with van der Waals surface area (Å²) in [6.45, 7) is 0. The van der Waals surface area contributed by atoms with Crippen molar-refractivity contribution in [2.24, 2.45) is 0 Å². The zero-order chi connectivity index (χ0) is 14.9. The Balaban J connectivity index is 2.28. The quantitative estimate of drug-likeness (QED) is 0.638. The zero-order valence-electron chi connectivity index (χ0n) is 9.68. The summed E-state index contributed by atoms with van der Waals surface area (Å²) >= 11 is 3.01. The minimum Gasteiger partial charge on any atom is -0.322 e. The molecule has 2 rings (SSSR count). The lowest BCUT2D eigenvalue weighted by Gasteiger charge is -2.07. The van der Waals surface area contributed by atoms with E-state index in [4.69, 9.17) is 0 Å². The molecule has 0 bridgehead atoms. The van der Waals surface area contributed by atoms with E-state index in [2.05, 4.69) is 21.2 Å². The Morgan fingerprint density at radius 2 is 1.55 bits per heavy atom. The van der Waals surface area contributed by atoms with Crippen molar-refractivity contribution < 1.29 is 22.4 Å². The van der Waals surface area contributed by atoms with Crippen LogP contribution in [0.25, 0.3) is 0 Å². The Labute approximate surface area is 119 Å². The predicted molar refractivity (Wildman–Crippen MR) is 68.4 cm³/mol. The van der Waals surface area contributed by atoms with Crippen molar-refractivity contribution in [3.05, 3.63) is 63.6 Å². The molecule has 2 aromatic rings. The summed E-state index contributed by atoms with van der Waals surface area (Å²) in [5.41, 5.74) is -0.325. The average molecular weight is 348 g/mol. The lowest BCUT2D eigenvalue weighted by Crippen LogP contribution is -2.13. The predicted octanol–water partition coefficient (Wildman–Crippen LogP) is 4.26. The first-order valence-electron chi connectivity index (χ1n) is 5.29. The monoisotopic (exact) mass is 347 g/mol. The Hall–Kier alpha value is -1.89.